The highest BCUT2D eigenvalue weighted by molar-refractivity contribution is 6.03. The maximum Gasteiger partial charge on any atom is 0.258 e. The summed E-state index contributed by atoms with van der Waals surface area (Å²) in [5, 5.41) is 18.6. The molecule has 0 aliphatic rings. The second-order valence-corrected chi connectivity index (χ2v) is 3.49. The van der Waals surface area contributed by atoms with Crippen molar-refractivity contribution in [3.63, 3.8) is 0 Å². The third kappa shape index (κ3) is 3.59. The van der Waals surface area contributed by atoms with Crippen LogP contribution in [0, 0.1) is 11.8 Å². The Morgan fingerprint density at radius 2 is 2.32 bits per heavy atom. The van der Waals surface area contributed by atoms with E-state index in [-0.39, 0.29) is 12.5 Å². The maximum atomic E-state index is 11.9. The molecule has 0 saturated carbocycles. The van der Waals surface area contributed by atoms with Crippen LogP contribution in [-0.2, 0) is 0 Å². The zero-order chi connectivity index (χ0) is 13.5. The van der Waals surface area contributed by atoms with Gasteiger partial charge in [-0.15, -0.1) is 5.10 Å². The van der Waals surface area contributed by atoms with Crippen molar-refractivity contribution in [1.82, 2.24) is 15.2 Å². The Kier molecular flexibility index (Phi) is 4.16. The van der Waals surface area contributed by atoms with E-state index in [0.29, 0.717) is 16.9 Å². The van der Waals surface area contributed by atoms with Gasteiger partial charge in [0, 0.05) is 24.2 Å². The van der Waals surface area contributed by atoms with Gasteiger partial charge in [0.15, 0.2) is 5.82 Å². The molecule has 2 rings (SSSR count). The molecule has 0 fully saturated rings. The number of rotatable bonds is 2. The number of carbonyl (C=O) groups excluding carboxylic acids is 1. The molecule has 0 unspecified atom stereocenters. The SMILES string of the molecule is O=C(Nc1cccnn1)c1cncc(C#CCO)c1. The number of aliphatic hydroxyl groups excluding tert-OH is 1. The Morgan fingerprint density at radius 3 is 3.05 bits per heavy atom. The number of nitrogens with one attached hydrogen (secondary N) is 1. The van der Waals surface area contributed by atoms with Crippen molar-refractivity contribution in [2.75, 3.05) is 11.9 Å². The van der Waals surface area contributed by atoms with Gasteiger partial charge in [-0.1, -0.05) is 11.8 Å². The standard InChI is InChI=1S/C13H10N4O2/c18-6-2-3-10-7-11(9-14-8-10)13(19)16-12-4-1-5-15-17-12/h1,4-5,7-9,18H,6H2,(H,16,17,19). The fourth-order valence-electron chi connectivity index (χ4n) is 1.33. The zero-order valence-corrected chi connectivity index (χ0v) is 9.87. The Hall–Kier alpha value is -2.78. The predicted molar refractivity (Wildman–Crippen MR) is 68.2 cm³/mol. The van der Waals surface area contributed by atoms with E-state index < -0.39 is 0 Å². The number of aliphatic hydroxyl groups is 1. The highest BCUT2D eigenvalue weighted by Gasteiger charge is 2.07. The summed E-state index contributed by atoms with van der Waals surface area (Å²) in [5.74, 6) is 5.19. The summed E-state index contributed by atoms with van der Waals surface area (Å²) in [6, 6.07) is 4.89. The summed E-state index contributed by atoms with van der Waals surface area (Å²) in [6.07, 6.45) is 4.46. The van der Waals surface area contributed by atoms with Crippen LogP contribution in [0.15, 0.2) is 36.8 Å². The molecule has 6 heteroatoms. The molecule has 0 atom stereocenters. The van der Waals surface area contributed by atoms with Crippen molar-refractivity contribution >= 4 is 11.7 Å². The largest absolute Gasteiger partial charge is 0.384 e. The van der Waals surface area contributed by atoms with E-state index in [1.54, 1.807) is 18.2 Å². The summed E-state index contributed by atoms with van der Waals surface area (Å²) >= 11 is 0. The number of hydrogen-bond acceptors (Lipinski definition) is 5. The molecule has 0 saturated heterocycles. The molecule has 1 amide bonds. The van der Waals surface area contributed by atoms with Crippen LogP contribution in [0.5, 0.6) is 0 Å². The first-order chi connectivity index (χ1) is 9.29. The monoisotopic (exact) mass is 254 g/mol. The Labute approximate surface area is 109 Å². The van der Waals surface area contributed by atoms with Crippen molar-refractivity contribution in [3.8, 4) is 11.8 Å². The minimum atomic E-state index is -0.347. The van der Waals surface area contributed by atoms with Crippen molar-refractivity contribution in [2.24, 2.45) is 0 Å². The van der Waals surface area contributed by atoms with Gasteiger partial charge in [0.25, 0.3) is 5.91 Å². The number of hydrogen-bond donors (Lipinski definition) is 2. The number of aromatic nitrogens is 3. The second-order valence-electron chi connectivity index (χ2n) is 3.49. The quantitative estimate of drug-likeness (QED) is 0.760. The summed E-state index contributed by atoms with van der Waals surface area (Å²) in [4.78, 5) is 15.8. The Balaban J connectivity index is 2.15. The lowest BCUT2D eigenvalue weighted by Gasteiger charge is -2.03. The van der Waals surface area contributed by atoms with Gasteiger partial charge in [-0.05, 0) is 18.2 Å². The second kappa shape index (κ2) is 6.23. The molecule has 2 aromatic rings. The summed E-state index contributed by atoms with van der Waals surface area (Å²) in [5.41, 5.74) is 0.913. The summed E-state index contributed by atoms with van der Waals surface area (Å²) in [7, 11) is 0. The van der Waals surface area contributed by atoms with E-state index in [1.807, 2.05) is 0 Å². The third-order valence-corrected chi connectivity index (χ3v) is 2.13. The molecule has 0 aromatic carbocycles. The lowest BCUT2D eigenvalue weighted by Crippen LogP contribution is -2.13. The van der Waals surface area contributed by atoms with Gasteiger partial charge in [-0.25, -0.2) is 0 Å². The maximum absolute atomic E-state index is 11.9. The first-order valence-corrected chi connectivity index (χ1v) is 5.43. The van der Waals surface area contributed by atoms with E-state index in [2.05, 4.69) is 32.3 Å². The van der Waals surface area contributed by atoms with Crippen LogP contribution in [0.2, 0.25) is 0 Å². The molecule has 0 spiro atoms. The summed E-state index contributed by atoms with van der Waals surface area (Å²) in [6.45, 7) is -0.240. The highest BCUT2D eigenvalue weighted by Crippen LogP contribution is 2.05. The molecule has 0 aliphatic carbocycles. The van der Waals surface area contributed by atoms with E-state index in [4.69, 9.17) is 5.11 Å². The van der Waals surface area contributed by atoms with Crippen molar-refractivity contribution in [2.45, 2.75) is 0 Å². The molecule has 0 radical (unpaired) electrons. The van der Waals surface area contributed by atoms with Crippen LogP contribution >= 0.6 is 0 Å². The van der Waals surface area contributed by atoms with Gasteiger partial charge < -0.3 is 10.4 Å². The summed E-state index contributed by atoms with van der Waals surface area (Å²) < 4.78 is 0. The van der Waals surface area contributed by atoms with Gasteiger partial charge >= 0.3 is 0 Å². The van der Waals surface area contributed by atoms with Crippen LogP contribution in [0.1, 0.15) is 15.9 Å². The molecule has 94 valence electrons. The van der Waals surface area contributed by atoms with Gasteiger partial charge in [0.2, 0.25) is 0 Å². The van der Waals surface area contributed by atoms with Crippen molar-refractivity contribution < 1.29 is 9.90 Å². The van der Waals surface area contributed by atoms with Crippen LogP contribution < -0.4 is 5.32 Å². The van der Waals surface area contributed by atoms with E-state index in [0.717, 1.165) is 0 Å². The normalized spacial score (nSPS) is 9.32. The van der Waals surface area contributed by atoms with Gasteiger partial charge in [-0.2, -0.15) is 5.10 Å². The van der Waals surface area contributed by atoms with Crippen molar-refractivity contribution in [1.29, 1.82) is 0 Å². The first kappa shape index (κ1) is 12.7. The van der Waals surface area contributed by atoms with Gasteiger partial charge in [0.1, 0.15) is 6.61 Å². The molecule has 2 N–H and O–H groups in total. The number of amides is 1. The van der Waals surface area contributed by atoms with Crippen LogP contribution in [0.4, 0.5) is 5.82 Å². The average molecular weight is 254 g/mol. The van der Waals surface area contributed by atoms with E-state index in [9.17, 15) is 4.79 Å². The minimum Gasteiger partial charge on any atom is -0.384 e. The number of nitrogens with zero attached hydrogens (tertiary/aromatic N) is 3. The number of anilines is 1. The first-order valence-electron chi connectivity index (χ1n) is 5.43. The fourth-order valence-corrected chi connectivity index (χ4v) is 1.33. The lowest BCUT2D eigenvalue weighted by atomic mass is 10.2. The average Bonchev–Trinajstić information content (AvgIpc) is 2.46. The Morgan fingerprint density at radius 1 is 1.42 bits per heavy atom. The molecule has 19 heavy (non-hydrogen) atoms. The third-order valence-electron chi connectivity index (χ3n) is 2.13. The Bertz CT molecular complexity index is 632. The molecule has 6 nitrogen and oxygen atoms in total. The fraction of sp³-hybridized carbons (Fsp3) is 0.0769. The minimum absolute atomic E-state index is 0.240. The molecule has 2 aromatic heterocycles. The van der Waals surface area contributed by atoms with E-state index >= 15 is 0 Å². The van der Waals surface area contributed by atoms with Gasteiger partial charge in [0.05, 0.1) is 5.56 Å². The zero-order valence-electron chi connectivity index (χ0n) is 9.87. The topological polar surface area (TPSA) is 88.0 Å². The molecule has 0 aliphatic heterocycles. The van der Waals surface area contributed by atoms with Crippen LogP contribution in [0.3, 0.4) is 0 Å². The lowest BCUT2D eigenvalue weighted by molar-refractivity contribution is 0.102. The van der Waals surface area contributed by atoms with Crippen LogP contribution in [0.25, 0.3) is 0 Å². The number of carbonyl (C=O) groups is 1. The smallest absolute Gasteiger partial charge is 0.258 e. The molecule has 0 bridgehead atoms. The van der Waals surface area contributed by atoms with Crippen molar-refractivity contribution in [3.05, 3.63) is 47.9 Å². The number of pyridine rings is 1. The van der Waals surface area contributed by atoms with Gasteiger partial charge in [-0.3, -0.25) is 9.78 Å². The highest BCUT2D eigenvalue weighted by atomic mass is 16.2. The predicted octanol–water partition coefficient (Wildman–Crippen LogP) is 0.468. The molecule has 2 heterocycles. The molecular formula is C13H10N4O2. The van der Waals surface area contributed by atoms with Crippen LogP contribution in [-0.4, -0.2) is 32.8 Å². The van der Waals surface area contributed by atoms with E-state index in [1.165, 1.54) is 18.6 Å². The molecular weight excluding hydrogens is 244 g/mol.